The highest BCUT2D eigenvalue weighted by atomic mass is 19.1. The van der Waals surface area contributed by atoms with E-state index in [4.69, 9.17) is 0 Å². The second kappa shape index (κ2) is 7.49. The minimum atomic E-state index is -0.573. The minimum Gasteiger partial charge on any atom is -0.384 e. The molecule has 0 aliphatic carbocycles. The van der Waals surface area contributed by atoms with Crippen LogP contribution in [0.4, 0.5) is 15.9 Å². The first-order chi connectivity index (χ1) is 11.0. The van der Waals surface area contributed by atoms with Crippen LogP contribution in [-0.2, 0) is 4.79 Å². The molecule has 2 aromatic rings. The molecule has 0 aliphatic rings. The van der Waals surface area contributed by atoms with Gasteiger partial charge in [-0.2, -0.15) is 0 Å². The van der Waals surface area contributed by atoms with Gasteiger partial charge >= 0.3 is 0 Å². The van der Waals surface area contributed by atoms with E-state index in [1.54, 1.807) is 18.3 Å². The van der Waals surface area contributed by atoms with E-state index in [1.807, 2.05) is 13.0 Å². The average Bonchev–Trinajstić information content (AvgIpc) is 2.49. The molecule has 0 spiro atoms. The standard InChI is InChI=1S/C17H18FN3O2/c1-11-6-7-15(20-10-11)21-16(23)8-9-19-14-5-3-4-13(18)17(14)12(2)22/h3-7,10,19H,8-9H2,1-2H3,(H,20,21,23). The summed E-state index contributed by atoms with van der Waals surface area (Å²) in [4.78, 5) is 27.4. The van der Waals surface area contributed by atoms with Gasteiger partial charge in [0.1, 0.15) is 11.6 Å². The van der Waals surface area contributed by atoms with Gasteiger partial charge in [-0.05, 0) is 37.6 Å². The van der Waals surface area contributed by atoms with Crippen molar-refractivity contribution in [3.05, 3.63) is 53.5 Å². The zero-order valence-corrected chi connectivity index (χ0v) is 13.0. The number of halogens is 1. The van der Waals surface area contributed by atoms with E-state index in [2.05, 4.69) is 15.6 Å². The summed E-state index contributed by atoms with van der Waals surface area (Å²) in [6.45, 7) is 3.49. The molecule has 0 bridgehead atoms. The van der Waals surface area contributed by atoms with Gasteiger partial charge in [-0.1, -0.05) is 12.1 Å². The molecule has 0 fully saturated rings. The van der Waals surface area contributed by atoms with Crippen LogP contribution < -0.4 is 10.6 Å². The van der Waals surface area contributed by atoms with Crippen LogP contribution in [0.5, 0.6) is 0 Å². The molecule has 0 aliphatic heterocycles. The summed E-state index contributed by atoms with van der Waals surface area (Å²) in [5.41, 5.74) is 1.40. The molecule has 120 valence electrons. The number of nitrogens with zero attached hydrogens (tertiary/aromatic N) is 1. The first-order valence-corrected chi connectivity index (χ1v) is 7.23. The van der Waals surface area contributed by atoms with Crippen LogP contribution in [0.3, 0.4) is 0 Å². The van der Waals surface area contributed by atoms with Gasteiger partial charge in [-0.25, -0.2) is 9.37 Å². The molecule has 6 heteroatoms. The molecule has 1 aromatic heterocycles. The quantitative estimate of drug-likeness (QED) is 0.803. The number of aryl methyl sites for hydroxylation is 1. The van der Waals surface area contributed by atoms with E-state index < -0.39 is 5.82 Å². The molecular weight excluding hydrogens is 297 g/mol. The zero-order chi connectivity index (χ0) is 16.8. The van der Waals surface area contributed by atoms with Crippen molar-refractivity contribution in [2.24, 2.45) is 0 Å². The van der Waals surface area contributed by atoms with E-state index in [-0.39, 0.29) is 30.2 Å². The van der Waals surface area contributed by atoms with Crippen molar-refractivity contribution in [3.63, 3.8) is 0 Å². The van der Waals surface area contributed by atoms with Gasteiger partial charge in [0.05, 0.1) is 5.56 Å². The van der Waals surface area contributed by atoms with Gasteiger partial charge in [-0.15, -0.1) is 0 Å². The Morgan fingerprint density at radius 3 is 2.65 bits per heavy atom. The molecule has 23 heavy (non-hydrogen) atoms. The Bertz CT molecular complexity index is 714. The molecular formula is C17H18FN3O2. The molecule has 1 amide bonds. The number of aromatic nitrogens is 1. The number of amides is 1. The third-order valence-electron chi connectivity index (χ3n) is 3.21. The Labute approximate surface area is 133 Å². The topological polar surface area (TPSA) is 71.1 Å². The highest BCUT2D eigenvalue weighted by Crippen LogP contribution is 2.19. The molecule has 0 atom stereocenters. The zero-order valence-electron chi connectivity index (χ0n) is 13.0. The largest absolute Gasteiger partial charge is 0.384 e. The lowest BCUT2D eigenvalue weighted by molar-refractivity contribution is -0.116. The molecule has 0 radical (unpaired) electrons. The number of benzene rings is 1. The predicted octanol–water partition coefficient (Wildman–Crippen LogP) is 3.17. The van der Waals surface area contributed by atoms with Crippen molar-refractivity contribution in [2.45, 2.75) is 20.3 Å². The number of hydrogen-bond acceptors (Lipinski definition) is 4. The third-order valence-corrected chi connectivity index (χ3v) is 3.21. The Balaban J connectivity index is 1.90. The molecule has 0 unspecified atom stereocenters. The number of hydrogen-bond donors (Lipinski definition) is 2. The van der Waals surface area contributed by atoms with E-state index >= 15 is 0 Å². The lowest BCUT2D eigenvalue weighted by Gasteiger charge is -2.11. The van der Waals surface area contributed by atoms with Crippen LogP contribution >= 0.6 is 0 Å². The Morgan fingerprint density at radius 1 is 1.22 bits per heavy atom. The van der Waals surface area contributed by atoms with Crippen molar-refractivity contribution >= 4 is 23.2 Å². The van der Waals surface area contributed by atoms with Crippen LogP contribution in [0.1, 0.15) is 29.3 Å². The monoisotopic (exact) mass is 315 g/mol. The lowest BCUT2D eigenvalue weighted by atomic mass is 10.1. The fraction of sp³-hybridized carbons (Fsp3) is 0.235. The molecule has 5 nitrogen and oxygen atoms in total. The van der Waals surface area contributed by atoms with Gasteiger partial charge in [0, 0.05) is 24.8 Å². The first-order valence-electron chi connectivity index (χ1n) is 7.23. The van der Waals surface area contributed by atoms with E-state index in [9.17, 15) is 14.0 Å². The van der Waals surface area contributed by atoms with Gasteiger partial charge in [0.15, 0.2) is 5.78 Å². The number of Topliss-reactive ketones (excluding diaryl/α,β-unsaturated/α-hetero) is 1. The van der Waals surface area contributed by atoms with Crippen LogP contribution in [0.15, 0.2) is 36.5 Å². The summed E-state index contributed by atoms with van der Waals surface area (Å²) in [5.74, 6) is -0.667. The second-order valence-electron chi connectivity index (χ2n) is 5.16. The smallest absolute Gasteiger partial charge is 0.227 e. The number of carbonyl (C=O) groups excluding carboxylic acids is 2. The van der Waals surface area contributed by atoms with E-state index in [1.165, 1.54) is 19.1 Å². The fourth-order valence-electron chi connectivity index (χ4n) is 2.09. The number of carbonyl (C=O) groups is 2. The summed E-state index contributed by atoms with van der Waals surface area (Å²) in [6, 6.07) is 7.94. The van der Waals surface area contributed by atoms with Crippen LogP contribution in [-0.4, -0.2) is 23.2 Å². The molecule has 1 heterocycles. The maximum absolute atomic E-state index is 13.7. The van der Waals surface area contributed by atoms with Gasteiger partial charge in [0.25, 0.3) is 0 Å². The number of ketones is 1. The Hall–Kier alpha value is -2.76. The van der Waals surface area contributed by atoms with Gasteiger partial charge in [-0.3, -0.25) is 9.59 Å². The lowest BCUT2D eigenvalue weighted by Crippen LogP contribution is -2.17. The Morgan fingerprint density at radius 2 is 2.00 bits per heavy atom. The normalized spacial score (nSPS) is 10.2. The first kappa shape index (κ1) is 16.6. The summed E-state index contributed by atoms with van der Waals surface area (Å²) in [7, 11) is 0. The van der Waals surface area contributed by atoms with Crippen LogP contribution in [0.25, 0.3) is 0 Å². The van der Waals surface area contributed by atoms with Crippen molar-refractivity contribution in [1.29, 1.82) is 0 Å². The maximum atomic E-state index is 13.7. The summed E-state index contributed by atoms with van der Waals surface area (Å²) in [5, 5.41) is 5.59. The third kappa shape index (κ3) is 4.60. The minimum absolute atomic E-state index is 0.00751. The average molecular weight is 315 g/mol. The molecule has 1 aromatic carbocycles. The second-order valence-corrected chi connectivity index (χ2v) is 5.16. The highest BCUT2D eigenvalue weighted by molar-refractivity contribution is 5.99. The summed E-state index contributed by atoms with van der Waals surface area (Å²) < 4.78 is 13.7. The highest BCUT2D eigenvalue weighted by Gasteiger charge is 2.12. The van der Waals surface area contributed by atoms with Crippen LogP contribution in [0.2, 0.25) is 0 Å². The van der Waals surface area contributed by atoms with E-state index in [0.717, 1.165) is 5.56 Å². The Kier molecular flexibility index (Phi) is 5.41. The number of nitrogens with one attached hydrogen (secondary N) is 2. The molecule has 0 saturated heterocycles. The fourth-order valence-corrected chi connectivity index (χ4v) is 2.09. The van der Waals surface area contributed by atoms with Crippen molar-refractivity contribution < 1.29 is 14.0 Å². The van der Waals surface area contributed by atoms with Gasteiger partial charge < -0.3 is 10.6 Å². The van der Waals surface area contributed by atoms with Crippen molar-refractivity contribution in [3.8, 4) is 0 Å². The summed E-state index contributed by atoms with van der Waals surface area (Å²) >= 11 is 0. The van der Waals surface area contributed by atoms with Crippen molar-refractivity contribution in [2.75, 3.05) is 17.2 Å². The SMILES string of the molecule is CC(=O)c1c(F)cccc1NCCC(=O)Nc1ccc(C)cn1. The number of rotatable bonds is 6. The summed E-state index contributed by atoms with van der Waals surface area (Å²) in [6.07, 6.45) is 1.84. The molecule has 2 N–H and O–H groups in total. The molecule has 0 saturated carbocycles. The van der Waals surface area contributed by atoms with Gasteiger partial charge in [0.2, 0.25) is 5.91 Å². The maximum Gasteiger partial charge on any atom is 0.227 e. The van der Waals surface area contributed by atoms with Crippen molar-refractivity contribution in [1.82, 2.24) is 4.98 Å². The molecule has 2 rings (SSSR count). The number of pyridine rings is 1. The number of anilines is 2. The van der Waals surface area contributed by atoms with Crippen LogP contribution in [0, 0.1) is 12.7 Å². The van der Waals surface area contributed by atoms with E-state index in [0.29, 0.717) is 11.5 Å². The predicted molar refractivity (Wildman–Crippen MR) is 87.1 cm³/mol.